The number of unbranched alkanes of at least 4 members (excludes halogenated alkanes) is 6. The normalized spacial score (nSPS) is 17.0. The third kappa shape index (κ3) is 18.6. The van der Waals surface area contributed by atoms with E-state index in [2.05, 4.69) is 38.6 Å². The smallest absolute Gasteiger partial charge is 0.330 e. The van der Waals surface area contributed by atoms with Crippen molar-refractivity contribution in [3.63, 3.8) is 0 Å². The molecule has 7 rings (SSSR count). The van der Waals surface area contributed by atoms with Crippen molar-refractivity contribution in [3.05, 3.63) is 110 Å². The largest absolute Gasteiger partial charge is 0.494 e. The second-order valence-electron chi connectivity index (χ2n) is 18.8. The number of ether oxygens (including phenoxy) is 8. The quantitative estimate of drug-likeness (QED) is 0.0117. The third-order valence-electron chi connectivity index (χ3n) is 13.1. The van der Waals surface area contributed by atoms with Crippen molar-refractivity contribution in [2.24, 2.45) is 28.8 Å². The molecule has 19 nitrogen and oxygen atoms in total. The summed E-state index contributed by atoms with van der Waals surface area (Å²) in [6, 6.07) is 18.4. The van der Waals surface area contributed by atoms with Gasteiger partial charge in [0.25, 0.3) is 0 Å². The molecule has 2 saturated carbocycles. The van der Waals surface area contributed by atoms with Gasteiger partial charge in [-0.05, 0) is 169 Å². The summed E-state index contributed by atoms with van der Waals surface area (Å²) in [6.07, 6.45) is 17.2. The van der Waals surface area contributed by atoms with Crippen LogP contribution in [0.2, 0.25) is 0 Å². The molecule has 5 aromatic rings. The first-order chi connectivity index (χ1) is 38.0. The Labute approximate surface area is 456 Å². The number of benzene rings is 3. The van der Waals surface area contributed by atoms with Gasteiger partial charge in [0.05, 0.1) is 56.3 Å². The van der Waals surface area contributed by atoms with Gasteiger partial charge in [-0.25, -0.2) is 19.6 Å². The molecule has 2 fully saturated rings. The van der Waals surface area contributed by atoms with Gasteiger partial charge in [0.2, 0.25) is 5.13 Å². The summed E-state index contributed by atoms with van der Waals surface area (Å²) in [4.78, 5) is 89.3. The van der Waals surface area contributed by atoms with Gasteiger partial charge in [0.1, 0.15) is 34.5 Å². The number of rotatable bonds is 29. The van der Waals surface area contributed by atoms with Crippen LogP contribution < -0.4 is 33.8 Å². The molecule has 2 heterocycles. The highest BCUT2D eigenvalue weighted by Crippen LogP contribution is 2.35. The number of nitrogens with zero attached hydrogens (tertiary/aromatic N) is 4. The maximum atomic E-state index is 13.7. The van der Waals surface area contributed by atoms with Crippen LogP contribution in [0.25, 0.3) is 10.5 Å². The van der Waals surface area contributed by atoms with Crippen LogP contribution in [-0.2, 0) is 38.2 Å². The van der Waals surface area contributed by atoms with E-state index >= 15 is 0 Å². The van der Waals surface area contributed by atoms with Crippen molar-refractivity contribution in [1.82, 2.24) is 15.0 Å². The van der Waals surface area contributed by atoms with Crippen molar-refractivity contribution in [2.45, 2.75) is 103 Å². The summed E-state index contributed by atoms with van der Waals surface area (Å²) < 4.78 is 44.8. The zero-order valence-corrected chi connectivity index (χ0v) is 44.3. The Morgan fingerprint density at radius 3 is 1.40 bits per heavy atom. The zero-order valence-electron chi connectivity index (χ0n) is 43.5. The standard InChI is InChI=1S/C58H65N5O14S/c1-3-50(64)72-35-11-7-5-9-33-70-44-21-25-46(26-22-44)74-54(66)39-13-15-41(16-14-39)56(68)76-48-29-30-49(43(37-48)38-61-63-58-62-52-53(78-58)60-32-31-59-52)77-57(69)42-19-17-40(18-20-42)55(67)75-47-27-23-45(24-28-47)71-34-10-6-8-12-36-73-51(65)4-2/h3-4,21-32,37-42H,1-2,5-20,33-36H2,(H,59,62,63)/b61-38+/t39-,40-,41-,42-. The van der Waals surface area contributed by atoms with Gasteiger partial charge >= 0.3 is 35.8 Å². The van der Waals surface area contributed by atoms with Crippen LogP contribution in [0.4, 0.5) is 5.13 Å². The number of anilines is 1. The lowest BCUT2D eigenvalue weighted by Crippen LogP contribution is -2.30. The second kappa shape index (κ2) is 30.7. The number of fused-ring (bicyclic) bond motifs is 1. The minimum atomic E-state index is -0.474. The molecule has 412 valence electrons. The van der Waals surface area contributed by atoms with E-state index in [9.17, 15) is 28.8 Å². The third-order valence-corrected chi connectivity index (χ3v) is 14.0. The van der Waals surface area contributed by atoms with Gasteiger partial charge in [-0.2, -0.15) is 10.1 Å². The van der Waals surface area contributed by atoms with Crippen molar-refractivity contribution < 1.29 is 66.7 Å². The molecule has 20 heteroatoms. The molecule has 2 aromatic heterocycles. The van der Waals surface area contributed by atoms with Crippen molar-refractivity contribution in [3.8, 4) is 34.5 Å². The average molecular weight is 1090 g/mol. The van der Waals surface area contributed by atoms with Gasteiger partial charge in [-0.3, -0.25) is 24.6 Å². The zero-order chi connectivity index (χ0) is 54.9. The Bertz CT molecular complexity index is 2810. The van der Waals surface area contributed by atoms with Crippen molar-refractivity contribution in [2.75, 3.05) is 31.9 Å². The topological polar surface area (TPSA) is 239 Å². The van der Waals surface area contributed by atoms with E-state index in [0.29, 0.717) is 122 Å². The van der Waals surface area contributed by atoms with Crippen molar-refractivity contribution in [1.29, 1.82) is 0 Å². The van der Waals surface area contributed by atoms with Crippen LogP contribution in [0.1, 0.15) is 108 Å². The summed E-state index contributed by atoms with van der Waals surface area (Å²) in [5.41, 5.74) is 3.68. The molecule has 0 spiro atoms. The number of hydrogen-bond acceptors (Lipinski definition) is 20. The summed E-state index contributed by atoms with van der Waals surface area (Å²) in [7, 11) is 0. The summed E-state index contributed by atoms with van der Waals surface area (Å²) in [6.45, 7) is 8.55. The van der Waals surface area contributed by atoms with Gasteiger partial charge in [-0.1, -0.05) is 24.5 Å². The molecule has 0 amide bonds. The SMILES string of the molecule is C=CC(=O)OCCCCCCOc1ccc(OC(=O)[C@H]2CC[C@H](C(=O)Oc3ccc(OC(=O)[C@H]4CC[C@H](C(=O)Oc5ccc(OCCCCCCOC(=O)C=C)cc5)CC4)c(/C=N/Nc4nc5nccnc5s4)c3)CC2)cc1. The lowest BCUT2D eigenvalue weighted by molar-refractivity contribution is -0.145. The number of thiazole rings is 1. The maximum absolute atomic E-state index is 13.7. The maximum Gasteiger partial charge on any atom is 0.330 e. The molecule has 0 atom stereocenters. The van der Waals surface area contributed by atoms with Gasteiger partial charge in [0.15, 0.2) is 10.5 Å². The predicted molar refractivity (Wildman–Crippen MR) is 289 cm³/mol. The van der Waals surface area contributed by atoms with E-state index in [0.717, 1.165) is 63.5 Å². The Morgan fingerprint density at radius 1 is 0.526 bits per heavy atom. The molecule has 2 aliphatic rings. The Kier molecular flexibility index (Phi) is 22.7. The fourth-order valence-corrected chi connectivity index (χ4v) is 9.47. The Hall–Kier alpha value is -8.00. The molecule has 78 heavy (non-hydrogen) atoms. The van der Waals surface area contributed by atoms with Gasteiger partial charge in [-0.15, -0.1) is 0 Å². The van der Waals surface area contributed by atoms with E-state index in [4.69, 9.17) is 37.9 Å². The van der Waals surface area contributed by atoms with Crippen LogP contribution in [-0.4, -0.2) is 83.4 Å². The molecule has 0 unspecified atom stereocenters. The molecule has 3 aromatic carbocycles. The number of carbonyl (C=O) groups is 6. The molecule has 0 aliphatic heterocycles. The minimum Gasteiger partial charge on any atom is -0.494 e. The highest BCUT2D eigenvalue weighted by Gasteiger charge is 2.34. The second-order valence-corrected chi connectivity index (χ2v) is 19.7. The minimum absolute atomic E-state index is 0.186. The molecular weight excluding hydrogens is 1020 g/mol. The fourth-order valence-electron chi connectivity index (χ4n) is 8.75. The van der Waals surface area contributed by atoms with E-state index in [1.807, 2.05) is 0 Å². The van der Waals surface area contributed by atoms with Crippen molar-refractivity contribution >= 4 is 69.0 Å². The molecule has 0 radical (unpaired) electrons. The van der Waals surface area contributed by atoms with Crippen LogP contribution in [0.15, 0.2) is 110 Å². The number of aromatic nitrogens is 3. The summed E-state index contributed by atoms with van der Waals surface area (Å²) in [5.74, 6) is -1.66. The number of carbonyl (C=O) groups excluding carboxylic acids is 6. The average Bonchev–Trinajstić information content (AvgIpc) is 3.90. The van der Waals surface area contributed by atoms with Crippen LogP contribution >= 0.6 is 11.3 Å². The first-order valence-electron chi connectivity index (χ1n) is 26.4. The van der Waals surface area contributed by atoms with Crippen LogP contribution in [0.5, 0.6) is 34.5 Å². The first kappa shape index (κ1) is 57.7. The van der Waals surface area contributed by atoms with Crippen LogP contribution in [0.3, 0.4) is 0 Å². The molecule has 0 saturated heterocycles. The summed E-state index contributed by atoms with van der Waals surface area (Å²) >= 11 is 1.25. The van der Waals surface area contributed by atoms with Crippen LogP contribution in [0, 0.1) is 23.7 Å². The van der Waals surface area contributed by atoms with E-state index in [1.165, 1.54) is 17.6 Å². The van der Waals surface area contributed by atoms with E-state index < -0.39 is 41.6 Å². The van der Waals surface area contributed by atoms with Gasteiger partial charge < -0.3 is 37.9 Å². The molecule has 1 N–H and O–H groups in total. The number of hydrazone groups is 1. The Morgan fingerprint density at radius 2 is 0.936 bits per heavy atom. The van der Waals surface area contributed by atoms with E-state index in [-0.39, 0.29) is 29.4 Å². The highest BCUT2D eigenvalue weighted by atomic mass is 32.1. The first-order valence-corrected chi connectivity index (χ1v) is 27.3. The monoisotopic (exact) mass is 1090 g/mol. The lowest BCUT2D eigenvalue weighted by atomic mass is 9.82. The van der Waals surface area contributed by atoms with E-state index in [1.54, 1.807) is 79.1 Å². The number of hydrogen-bond donors (Lipinski definition) is 1. The number of nitrogens with one attached hydrogen (secondary N) is 1. The molecule has 0 bridgehead atoms. The lowest BCUT2D eigenvalue weighted by Gasteiger charge is -2.26. The highest BCUT2D eigenvalue weighted by molar-refractivity contribution is 7.21. The summed E-state index contributed by atoms with van der Waals surface area (Å²) in [5, 5.41) is 4.77. The Balaban J connectivity index is 0.852. The molecular formula is C58H65N5O14S. The number of esters is 6. The van der Waals surface area contributed by atoms with Gasteiger partial charge in [0, 0.05) is 30.1 Å². The molecule has 2 aliphatic carbocycles. The fraction of sp³-hybridized carbons (Fsp3) is 0.414. The predicted octanol–water partition coefficient (Wildman–Crippen LogP) is 10.5.